The van der Waals surface area contributed by atoms with Gasteiger partial charge in [0.2, 0.25) is 0 Å². The Morgan fingerprint density at radius 3 is 2.69 bits per heavy atom. The van der Waals surface area contributed by atoms with E-state index < -0.39 is 0 Å². The molecule has 1 amide bonds. The molecule has 0 aliphatic rings. The first-order valence-electron chi connectivity index (χ1n) is 8.78. The van der Waals surface area contributed by atoms with Crippen LogP contribution >= 0.6 is 0 Å². The zero-order chi connectivity index (χ0) is 18.5. The molecule has 4 nitrogen and oxygen atoms in total. The largest absolute Gasteiger partial charge is 0.353 e. The van der Waals surface area contributed by atoms with Crippen molar-refractivity contribution >= 4 is 28.7 Å². The molecule has 0 spiro atoms. The molecule has 1 aromatic heterocycles. The number of aromatic amines is 1. The maximum atomic E-state index is 12.6. The van der Waals surface area contributed by atoms with Crippen molar-refractivity contribution in [3.63, 3.8) is 0 Å². The number of benzene rings is 2. The minimum Gasteiger partial charge on any atom is -0.353 e. The van der Waals surface area contributed by atoms with Crippen LogP contribution in [0.1, 0.15) is 40.5 Å². The van der Waals surface area contributed by atoms with E-state index in [9.17, 15) is 4.79 Å². The van der Waals surface area contributed by atoms with Crippen molar-refractivity contribution < 1.29 is 4.79 Å². The summed E-state index contributed by atoms with van der Waals surface area (Å²) in [6, 6.07) is 15.5. The number of carbonyl (C=O) groups is 1. The van der Waals surface area contributed by atoms with E-state index in [1.165, 1.54) is 0 Å². The number of aryl methyl sites for hydroxylation is 1. The van der Waals surface area contributed by atoms with Crippen LogP contribution in [0.2, 0.25) is 0 Å². The SMILES string of the molecule is C=C(NC(=O)c1ccccc1C)c1[nH]c2ccccc2c1C=NCCC. The Kier molecular flexibility index (Phi) is 5.32. The van der Waals surface area contributed by atoms with Gasteiger partial charge >= 0.3 is 0 Å². The lowest BCUT2D eigenvalue weighted by atomic mass is 10.1. The number of fused-ring (bicyclic) bond motifs is 1. The molecule has 0 radical (unpaired) electrons. The summed E-state index contributed by atoms with van der Waals surface area (Å²) in [5, 5.41) is 3.98. The Morgan fingerprint density at radius 1 is 1.19 bits per heavy atom. The van der Waals surface area contributed by atoms with Gasteiger partial charge in [-0.15, -0.1) is 0 Å². The molecule has 3 rings (SSSR count). The Labute approximate surface area is 153 Å². The third-order valence-corrected chi connectivity index (χ3v) is 4.28. The molecule has 2 aromatic carbocycles. The molecule has 0 aliphatic carbocycles. The number of hydrogen-bond acceptors (Lipinski definition) is 2. The highest BCUT2D eigenvalue weighted by Gasteiger charge is 2.15. The van der Waals surface area contributed by atoms with Gasteiger partial charge in [0, 0.05) is 34.8 Å². The predicted octanol–water partition coefficient (Wildman–Crippen LogP) is 4.71. The molecule has 0 bridgehead atoms. The fraction of sp³-hybridized carbons (Fsp3) is 0.182. The molecule has 0 saturated heterocycles. The van der Waals surface area contributed by atoms with Crippen LogP contribution in [0.4, 0.5) is 0 Å². The molecule has 0 fully saturated rings. The molecule has 1 heterocycles. The molecule has 2 N–H and O–H groups in total. The van der Waals surface area contributed by atoms with E-state index >= 15 is 0 Å². The predicted molar refractivity (Wildman–Crippen MR) is 109 cm³/mol. The number of para-hydroxylation sites is 1. The van der Waals surface area contributed by atoms with E-state index in [2.05, 4.69) is 28.8 Å². The number of H-pyrrole nitrogens is 1. The first kappa shape index (κ1) is 17.7. The number of carbonyl (C=O) groups excluding carboxylic acids is 1. The smallest absolute Gasteiger partial charge is 0.255 e. The van der Waals surface area contributed by atoms with Crippen LogP contribution in [0.25, 0.3) is 16.6 Å². The fourth-order valence-electron chi connectivity index (χ4n) is 2.92. The summed E-state index contributed by atoms with van der Waals surface area (Å²) in [4.78, 5) is 20.5. The minimum atomic E-state index is -0.164. The van der Waals surface area contributed by atoms with Crippen molar-refractivity contribution in [1.82, 2.24) is 10.3 Å². The van der Waals surface area contributed by atoms with Gasteiger partial charge in [-0.1, -0.05) is 49.9 Å². The molecule has 0 saturated carbocycles. The summed E-state index contributed by atoms with van der Waals surface area (Å²) >= 11 is 0. The van der Waals surface area contributed by atoms with Crippen molar-refractivity contribution in [2.24, 2.45) is 4.99 Å². The first-order valence-corrected chi connectivity index (χ1v) is 8.78. The number of aliphatic imine (C=N–C) groups is 1. The summed E-state index contributed by atoms with van der Waals surface area (Å²) in [7, 11) is 0. The quantitative estimate of drug-likeness (QED) is 0.625. The van der Waals surface area contributed by atoms with Crippen LogP contribution in [0, 0.1) is 6.92 Å². The van der Waals surface area contributed by atoms with Gasteiger partial charge in [0.25, 0.3) is 5.91 Å². The lowest BCUT2D eigenvalue weighted by Crippen LogP contribution is -2.22. The van der Waals surface area contributed by atoms with E-state index in [1.807, 2.05) is 61.7 Å². The molecule has 0 unspecified atom stereocenters. The van der Waals surface area contributed by atoms with Gasteiger partial charge in [-0.05, 0) is 31.0 Å². The Hall–Kier alpha value is -3.14. The van der Waals surface area contributed by atoms with E-state index in [0.29, 0.717) is 11.3 Å². The summed E-state index contributed by atoms with van der Waals surface area (Å²) in [6.45, 7) is 8.86. The Bertz CT molecular complexity index is 982. The van der Waals surface area contributed by atoms with Crippen molar-refractivity contribution in [3.05, 3.63) is 77.5 Å². The summed E-state index contributed by atoms with van der Waals surface area (Å²) < 4.78 is 0. The number of amides is 1. The average molecular weight is 345 g/mol. The second-order valence-electron chi connectivity index (χ2n) is 6.24. The van der Waals surface area contributed by atoms with Gasteiger partial charge < -0.3 is 10.3 Å². The topological polar surface area (TPSA) is 57.2 Å². The van der Waals surface area contributed by atoms with Gasteiger partial charge in [-0.3, -0.25) is 9.79 Å². The molecule has 0 atom stereocenters. The van der Waals surface area contributed by atoms with Crippen LogP contribution in [-0.4, -0.2) is 23.7 Å². The third kappa shape index (κ3) is 3.59. The molecule has 26 heavy (non-hydrogen) atoms. The summed E-state index contributed by atoms with van der Waals surface area (Å²) in [6.07, 6.45) is 2.85. The van der Waals surface area contributed by atoms with Crippen LogP contribution in [-0.2, 0) is 0 Å². The second kappa shape index (κ2) is 7.83. The van der Waals surface area contributed by atoms with Crippen LogP contribution in [0.5, 0.6) is 0 Å². The van der Waals surface area contributed by atoms with Crippen LogP contribution < -0.4 is 5.32 Å². The lowest BCUT2D eigenvalue weighted by Gasteiger charge is -2.10. The monoisotopic (exact) mass is 345 g/mol. The highest BCUT2D eigenvalue weighted by atomic mass is 16.1. The molecule has 132 valence electrons. The molecule has 4 heteroatoms. The van der Waals surface area contributed by atoms with Gasteiger partial charge in [-0.25, -0.2) is 0 Å². The highest BCUT2D eigenvalue weighted by molar-refractivity contribution is 6.06. The van der Waals surface area contributed by atoms with E-state index in [-0.39, 0.29) is 5.91 Å². The zero-order valence-electron chi connectivity index (χ0n) is 15.2. The van der Waals surface area contributed by atoms with Crippen LogP contribution in [0.3, 0.4) is 0 Å². The second-order valence-corrected chi connectivity index (χ2v) is 6.24. The molecule has 0 aliphatic heterocycles. The number of rotatable bonds is 6. The van der Waals surface area contributed by atoms with Crippen molar-refractivity contribution in [3.8, 4) is 0 Å². The maximum Gasteiger partial charge on any atom is 0.255 e. The fourth-order valence-corrected chi connectivity index (χ4v) is 2.92. The number of nitrogens with one attached hydrogen (secondary N) is 2. The normalized spacial score (nSPS) is 11.2. The zero-order valence-corrected chi connectivity index (χ0v) is 15.2. The Morgan fingerprint density at radius 2 is 1.92 bits per heavy atom. The minimum absolute atomic E-state index is 0.164. The molecular weight excluding hydrogens is 322 g/mol. The number of nitrogens with zero attached hydrogens (tertiary/aromatic N) is 1. The highest BCUT2D eigenvalue weighted by Crippen LogP contribution is 2.25. The third-order valence-electron chi connectivity index (χ3n) is 4.28. The van der Waals surface area contributed by atoms with Gasteiger partial charge in [0.05, 0.1) is 11.4 Å². The van der Waals surface area contributed by atoms with Gasteiger partial charge in [-0.2, -0.15) is 0 Å². The average Bonchev–Trinajstić information content (AvgIpc) is 3.01. The Balaban J connectivity index is 1.94. The van der Waals surface area contributed by atoms with E-state index in [1.54, 1.807) is 0 Å². The van der Waals surface area contributed by atoms with Crippen molar-refractivity contribution in [1.29, 1.82) is 0 Å². The standard InChI is InChI=1S/C22H23N3O/c1-4-13-23-14-19-18-11-7-8-12-20(18)25-21(19)16(3)24-22(26)17-10-6-5-9-15(17)2/h5-12,14,25H,3-4,13H2,1-2H3,(H,24,26). The summed E-state index contributed by atoms with van der Waals surface area (Å²) in [5.41, 5.74) is 4.83. The summed E-state index contributed by atoms with van der Waals surface area (Å²) in [5.74, 6) is -0.164. The maximum absolute atomic E-state index is 12.6. The first-order chi connectivity index (χ1) is 12.6. The van der Waals surface area contributed by atoms with E-state index in [0.717, 1.165) is 40.7 Å². The number of hydrogen-bond donors (Lipinski definition) is 2. The molecule has 3 aromatic rings. The van der Waals surface area contributed by atoms with Gasteiger partial charge in [0.15, 0.2) is 0 Å². The van der Waals surface area contributed by atoms with Gasteiger partial charge in [0.1, 0.15) is 0 Å². The van der Waals surface area contributed by atoms with Crippen molar-refractivity contribution in [2.75, 3.05) is 6.54 Å². The van der Waals surface area contributed by atoms with Crippen molar-refractivity contribution in [2.45, 2.75) is 20.3 Å². The number of aromatic nitrogens is 1. The lowest BCUT2D eigenvalue weighted by molar-refractivity contribution is 0.0973. The molecular formula is C22H23N3O. The van der Waals surface area contributed by atoms with E-state index in [4.69, 9.17) is 0 Å². The van der Waals surface area contributed by atoms with Crippen LogP contribution in [0.15, 0.2) is 60.1 Å².